The van der Waals surface area contributed by atoms with Crippen LogP contribution in [0, 0.1) is 5.82 Å². The molecule has 0 radical (unpaired) electrons. The van der Waals surface area contributed by atoms with Gasteiger partial charge in [0.15, 0.2) is 0 Å². The van der Waals surface area contributed by atoms with Gasteiger partial charge in [0.1, 0.15) is 17.9 Å². The van der Waals surface area contributed by atoms with Crippen LogP contribution in [0.15, 0.2) is 18.2 Å². The van der Waals surface area contributed by atoms with E-state index in [4.69, 9.17) is 16.7 Å². The number of rotatable bonds is 2. The summed E-state index contributed by atoms with van der Waals surface area (Å²) in [4.78, 5) is 14.4. The standard InChI is InChI=1S/C9H6ClFN2O2/c10-9-12-6-3-1-2-5(11)8(6)13(9)4-7(14)15/h1-3H,4H2,(H,14,15). The molecular formula is C9H6ClFN2O2. The van der Waals surface area contributed by atoms with Gasteiger partial charge in [0.25, 0.3) is 0 Å². The summed E-state index contributed by atoms with van der Waals surface area (Å²) in [6.45, 7) is -0.406. The van der Waals surface area contributed by atoms with Gasteiger partial charge in [-0.3, -0.25) is 4.79 Å². The van der Waals surface area contributed by atoms with Gasteiger partial charge in [-0.25, -0.2) is 9.37 Å². The van der Waals surface area contributed by atoms with Gasteiger partial charge in [-0.1, -0.05) is 6.07 Å². The minimum atomic E-state index is -1.10. The number of carboxylic acids is 1. The van der Waals surface area contributed by atoms with E-state index < -0.39 is 18.3 Å². The summed E-state index contributed by atoms with van der Waals surface area (Å²) in [5.41, 5.74) is 0.464. The van der Waals surface area contributed by atoms with Crippen LogP contribution in [0.2, 0.25) is 5.28 Å². The number of aliphatic carboxylic acids is 1. The number of halogens is 2. The highest BCUT2D eigenvalue weighted by atomic mass is 35.5. The fourth-order valence-corrected chi connectivity index (χ4v) is 1.63. The van der Waals surface area contributed by atoms with Crippen LogP contribution in [0.4, 0.5) is 4.39 Å². The molecule has 0 unspecified atom stereocenters. The minimum Gasteiger partial charge on any atom is -0.480 e. The van der Waals surface area contributed by atoms with Crippen LogP contribution in [0.5, 0.6) is 0 Å². The third-order valence-electron chi connectivity index (χ3n) is 1.96. The van der Waals surface area contributed by atoms with Crippen molar-refractivity contribution in [3.63, 3.8) is 0 Å². The Morgan fingerprint density at radius 2 is 2.33 bits per heavy atom. The second-order valence-corrected chi connectivity index (χ2v) is 3.31. The van der Waals surface area contributed by atoms with Crippen molar-refractivity contribution in [3.8, 4) is 0 Å². The molecule has 78 valence electrons. The Morgan fingerprint density at radius 1 is 1.60 bits per heavy atom. The van der Waals surface area contributed by atoms with Crippen LogP contribution in [-0.2, 0) is 11.3 Å². The summed E-state index contributed by atoms with van der Waals surface area (Å²) >= 11 is 5.71. The number of aromatic nitrogens is 2. The molecule has 0 spiro atoms. The lowest BCUT2D eigenvalue weighted by Gasteiger charge is -2.01. The first kappa shape index (κ1) is 9.92. The topological polar surface area (TPSA) is 55.1 Å². The highest BCUT2D eigenvalue weighted by Crippen LogP contribution is 2.22. The number of hydrogen-bond acceptors (Lipinski definition) is 2. The third kappa shape index (κ3) is 1.66. The monoisotopic (exact) mass is 228 g/mol. The maximum Gasteiger partial charge on any atom is 0.323 e. The van der Waals surface area contributed by atoms with Gasteiger partial charge < -0.3 is 9.67 Å². The predicted molar refractivity (Wildman–Crippen MR) is 52.3 cm³/mol. The second-order valence-electron chi connectivity index (χ2n) is 2.97. The summed E-state index contributed by atoms with van der Waals surface area (Å²) in [5, 5.41) is 8.60. The highest BCUT2D eigenvalue weighted by molar-refractivity contribution is 6.29. The first-order valence-electron chi connectivity index (χ1n) is 4.11. The van der Waals surface area contributed by atoms with Gasteiger partial charge in [-0.2, -0.15) is 0 Å². The Morgan fingerprint density at radius 3 is 3.00 bits per heavy atom. The summed E-state index contributed by atoms with van der Waals surface area (Å²) < 4.78 is 14.5. The predicted octanol–water partition coefficient (Wildman–Crippen LogP) is 1.91. The summed E-state index contributed by atoms with van der Waals surface area (Å²) in [5.74, 6) is -1.63. The quantitative estimate of drug-likeness (QED) is 0.854. The molecule has 1 N–H and O–H groups in total. The lowest BCUT2D eigenvalue weighted by atomic mass is 10.3. The fraction of sp³-hybridized carbons (Fsp3) is 0.111. The van der Waals surface area contributed by atoms with Crippen molar-refractivity contribution in [3.05, 3.63) is 29.3 Å². The van der Waals surface area contributed by atoms with Gasteiger partial charge in [-0.15, -0.1) is 0 Å². The average molecular weight is 229 g/mol. The molecular weight excluding hydrogens is 223 g/mol. The zero-order valence-corrected chi connectivity index (χ0v) is 8.20. The van der Waals surface area contributed by atoms with E-state index in [1.807, 2.05) is 0 Å². The molecule has 4 nitrogen and oxygen atoms in total. The maximum absolute atomic E-state index is 13.4. The van der Waals surface area contributed by atoms with E-state index in [-0.39, 0.29) is 10.8 Å². The molecule has 2 aromatic rings. The molecule has 0 saturated carbocycles. The molecule has 0 aliphatic carbocycles. The number of benzene rings is 1. The van der Waals surface area contributed by atoms with E-state index in [2.05, 4.69) is 4.98 Å². The SMILES string of the molecule is O=C(O)Cn1c(Cl)nc2cccc(F)c21. The fourth-order valence-electron chi connectivity index (χ4n) is 1.39. The van der Waals surface area contributed by atoms with Crippen molar-refractivity contribution in [2.24, 2.45) is 0 Å². The lowest BCUT2D eigenvalue weighted by Crippen LogP contribution is -2.09. The molecule has 0 fully saturated rings. The molecule has 1 heterocycles. The normalized spacial score (nSPS) is 10.8. The zero-order chi connectivity index (χ0) is 11.0. The van der Waals surface area contributed by atoms with Gasteiger partial charge in [0, 0.05) is 0 Å². The zero-order valence-electron chi connectivity index (χ0n) is 7.44. The highest BCUT2D eigenvalue weighted by Gasteiger charge is 2.14. The van der Waals surface area contributed by atoms with Gasteiger partial charge >= 0.3 is 5.97 Å². The molecule has 1 aromatic carbocycles. The third-order valence-corrected chi connectivity index (χ3v) is 2.25. The molecule has 0 bridgehead atoms. The Bertz CT molecular complexity index is 538. The molecule has 0 atom stereocenters. The van der Waals surface area contributed by atoms with Gasteiger partial charge in [-0.05, 0) is 23.7 Å². The van der Waals surface area contributed by atoms with E-state index in [0.717, 1.165) is 4.57 Å². The molecule has 2 rings (SSSR count). The van der Waals surface area contributed by atoms with Crippen molar-refractivity contribution in [1.82, 2.24) is 9.55 Å². The van der Waals surface area contributed by atoms with Gasteiger partial charge in [0.05, 0.1) is 5.52 Å². The first-order chi connectivity index (χ1) is 7.09. The number of carbonyl (C=O) groups is 1. The second kappa shape index (κ2) is 3.51. The van der Waals surface area contributed by atoms with Crippen LogP contribution in [0.1, 0.15) is 0 Å². The number of imidazole rings is 1. The lowest BCUT2D eigenvalue weighted by molar-refractivity contribution is -0.137. The molecule has 0 aliphatic heterocycles. The summed E-state index contributed by atoms with van der Waals surface area (Å²) in [7, 11) is 0. The summed E-state index contributed by atoms with van der Waals surface area (Å²) in [6, 6.07) is 4.30. The Balaban J connectivity index is 2.71. The van der Waals surface area contributed by atoms with Crippen LogP contribution in [0.3, 0.4) is 0 Å². The van der Waals surface area contributed by atoms with E-state index in [9.17, 15) is 9.18 Å². The average Bonchev–Trinajstić information content (AvgIpc) is 2.43. The molecule has 0 saturated heterocycles. The number of fused-ring (bicyclic) bond motifs is 1. The number of carboxylic acid groups (broad SMARTS) is 1. The number of para-hydroxylation sites is 1. The maximum atomic E-state index is 13.4. The van der Waals surface area contributed by atoms with E-state index in [0.29, 0.717) is 5.52 Å². The smallest absolute Gasteiger partial charge is 0.323 e. The Hall–Kier alpha value is -1.62. The van der Waals surface area contributed by atoms with Crippen molar-refractivity contribution in [1.29, 1.82) is 0 Å². The number of hydrogen-bond donors (Lipinski definition) is 1. The molecule has 6 heteroatoms. The van der Waals surface area contributed by atoms with Crippen LogP contribution in [-0.4, -0.2) is 20.6 Å². The number of nitrogens with zero attached hydrogens (tertiary/aromatic N) is 2. The van der Waals surface area contributed by atoms with Crippen LogP contribution < -0.4 is 0 Å². The van der Waals surface area contributed by atoms with Crippen molar-refractivity contribution < 1.29 is 14.3 Å². The summed E-state index contributed by atoms with van der Waals surface area (Å²) in [6.07, 6.45) is 0. The van der Waals surface area contributed by atoms with Crippen molar-refractivity contribution >= 4 is 28.6 Å². The van der Waals surface area contributed by atoms with Crippen molar-refractivity contribution in [2.75, 3.05) is 0 Å². The Kier molecular flexibility index (Phi) is 2.32. The van der Waals surface area contributed by atoms with Crippen molar-refractivity contribution in [2.45, 2.75) is 6.54 Å². The largest absolute Gasteiger partial charge is 0.480 e. The molecule has 15 heavy (non-hydrogen) atoms. The van der Waals surface area contributed by atoms with Crippen LogP contribution >= 0.6 is 11.6 Å². The molecule has 0 aliphatic rings. The first-order valence-corrected chi connectivity index (χ1v) is 4.49. The van der Waals surface area contributed by atoms with E-state index in [1.165, 1.54) is 12.1 Å². The van der Waals surface area contributed by atoms with E-state index >= 15 is 0 Å². The molecule has 1 aromatic heterocycles. The van der Waals surface area contributed by atoms with Crippen LogP contribution in [0.25, 0.3) is 11.0 Å². The van der Waals surface area contributed by atoms with E-state index in [1.54, 1.807) is 6.07 Å². The van der Waals surface area contributed by atoms with Gasteiger partial charge in [0.2, 0.25) is 5.28 Å². The Labute approximate surface area is 88.9 Å². The minimum absolute atomic E-state index is 0.0301. The molecule has 0 amide bonds.